The predicted molar refractivity (Wildman–Crippen MR) is 220 cm³/mol. The zero-order valence-corrected chi connectivity index (χ0v) is 33.2. The second-order valence-electron chi connectivity index (χ2n) is 12.7. The summed E-state index contributed by atoms with van der Waals surface area (Å²) >= 11 is 0. The van der Waals surface area contributed by atoms with Crippen LogP contribution < -0.4 is 21.2 Å². The zero-order valence-electron chi connectivity index (χ0n) is 29.1. The Labute approximate surface area is 330 Å². The molecule has 0 unspecified atom stereocenters. The fraction of sp³-hybridized carbons (Fsp3) is 0.0833. The van der Waals surface area contributed by atoms with E-state index in [0.717, 1.165) is 11.1 Å². The van der Waals surface area contributed by atoms with Gasteiger partial charge < -0.3 is 0 Å². The van der Waals surface area contributed by atoms with Crippen LogP contribution in [0.4, 0.5) is 0 Å². The van der Waals surface area contributed by atoms with Gasteiger partial charge in [0.25, 0.3) is 0 Å². The molecule has 0 heterocycles. The molecule has 0 saturated carbocycles. The normalized spacial score (nSPS) is 12.1. The molecule has 0 bridgehead atoms. The molecule has 0 amide bonds. The fourth-order valence-corrected chi connectivity index (χ4v) is 12.3. The Balaban J connectivity index is 0.00000481. The van der Waals surface area contributed by atoms with E-state index < -0.39 is 15.8 Å². The van der Waals surface area contributed by atoms with Gasteiger partial charge in [0.15, 0.2) is 11.6 Å². The van der Waals surface area contributed by atoms with Crippen molar-refractivity contribution < 1.29 is 30.7 Å². The van der Waals surface area contributed by atoms with Gasteiger partial charge in [-0.05, 0) is 48.4 Å². The monoisotopic (exact) mass is 904 g/mol. The third-order valence-electron chi connectivity index (χ3n) is 9.27. The van der Waals surface area contributed by atoms with E-state index >= 15 is 0 Å². The van der Waals surface area contributed by atoms with E-state index in [9.17, 15) is 9.59 Å². The number of Topliss-reactive ketones (excluding diaryl/α,β-unsaturated/α-hetero) is 2. The van der Waals surface area contributed by atoms with Crippen molar-refractivity contribution in [2.45, 2.75) is 24.2 Å². The smallest absolute Gasteiger partial charge is 0.163 e. The third kappa shape index (κ3) is 9.51. The molecule has 0 aliphatic carbocycles. The Morgan fingerprint density at radius 2 is 0.642 bits per heavy atom. The molecule has 53 heavy (non-hydrogen) atoms. The SMILES string of the molecule is O=C(C[C@H](c1[c-]c([C@@H](CC(=O)c2ccccc2)P(c2ccccc2)c2ccccc2)ccc1)P(c1ccccc1)c1ccccc1)c1ccccc1.[Pt]. The van der Waals surface area contributed by atoms with Gasteiger partial charge in [-0.2, -0.15) is 35.4 Å². The van der Waals surface area contributed by atoms with E-state index in [4.69, 9.17) is 0 Å². The summed E-state index contributed by atoms with van der Waals surface area (Å²) in [6, 6.07) is 71.9. The molecule has 0 N–H and O–H groups in total. The van der Waals surface area contributed by atoms with Crippen molar-refractivity contribution in [3.63, 3.8) is 0 Å². The van der Waals surface area contributed by atoms with Crippen molar-refractivity contribution in [3.8, 4) is 0 Å². The van der Waals surface area contributed by atoms with Crippen molar-refractivity contribution >= 4 is 48.6 Å². The molecule has 0 saturated heterocycles. The molecule has 264 valence electrons. The van der Waals surface area contributed by atoms with E-state index in [0.29, 0.717) is 24.0 Å². The van der Waals surface area contributed by atoms with Crippen LogP contribution in [0.3, 0.4) is 0 Å². The molecule has 2 nitrogen and oxygen atoms in total. The van der Waals surface area contributed by atoms with Gasteiger partial charge in [-0.1, -0.05) is 182 Å². The molecule has 5 heteroatoms. The largest absolute Gasteiger partial charge is 0.294 e. The summed E-state index contributed by atoms with van der Waals surface area (Å²) < 4.78 is 0. The molecule has 7 aromatic carbocycles. The quantitative estimate of drug-likeness (QED) is 0.0619. The second-order valence-corrected chi connectivity index (χ2v) is 17.5. The predicted octanol–water partition coefficient (Wildman–Crippen LogP) is 10.4. The summed E-state index contributed by atoms with van der Waals surface area (Å²) in [4.78, 5) is 28.3. The summed E-state index contributed by atoms with van der Waals surface area (Å²) in [5.41, 5.74) is 3.10. The van der Waals surface area contributed by atoms with E-state index in [1.54, 1.807) is 0 Å². The van der Waals surface area contributed by atoms with Crippen molar-refractivity contribution in [1.29, 1.82) is 0 Å². The summed E-state index contributed by atoms with van der Waals surface area (Å²) in [5, 5.41) is 4.83. The third-order valence-corrected chi connectivity index (χ3v) is 14.9. The van der Waals surface area contributed by atoms with Crippen LogP contribution in [-0.4, -0.2) is 11.6 Å². The first-order valence-corrected chi connectivity index (χ1v) is 20.4. The number of hydrogen-bond donors (Lipinski definition) is 0. The van der Waals surface area contributed by atoms with Crippen LogP contribution >= 0.6 is 15.8 Å². The first-order valence-electron chi connectivity index (χ1n) is 17.6. The van der Waals surface area contributed by atoms with Crippen LogP contribution in [0.5, 0.6) is 0 Å². The Kier molecular flexibility index (Phi) is 13.7. The topological polar surface area (TPSA) is 34.1 Å². The Hall–Kier alpha value is -4.57. The van der Waals surface area contributed by atoms with Gasteiger partial charge >= 0.3 is 0 Å². The molecule has 0 aliphatic rings. The van der Waals surface area contributed by atoms with Crippen LogP contribution in [0.1, 0.15) is 56.0 Å². The minimum Gasteiger partial charge on any atom is -0.294 e. The van der Waals surface area contributed by atoms with Crippen LogP contribution in [0, 0.1) is 6.07 Å². The molecular formula is C48H39O2P2Pt-. The summed E-state index contributed by atoms with van der Waals surface area (Å²) in [6.45, 7) is 0. The Morgan fingerprint density at radius 1 is 0.377 bits per heavy atom. The molecule has 0 spiro atoms. The molecule has 0 aliphatic heterocycles. The van der Waals surface area contributed by atoms with Gasteiger partial charge in [0.1, 0.15) is 0 Å². The van der Waals surface area contributed by atoms with Gasteiger partial charge in [0.05, 0.1) is 0 Å². The zero-order chi connectivity index (χ0) is 35.5. The fourth-order valence-electron chi connectivity index (χ4n) is 6.78. The summed E-state index contributed by atoms with van der Waals surface area (Å²) in [7, 11) is -2.03. The maximum atomic E-state index is 14.1. The number of carbonyl (C=O) groups is 2. The number of hydrogen-bond acceptors (Lipinski definition) is 2. The van der Waals surface area contributed by atoms with E-state index in [2.05, 4.69) is 121 Å². The van der Waals surface area contributed by atoms with E-state index in [1.807, 2.05) is 84.9 Å². The first-order chi connectivity index (χ1) is 25.7. The van der Waals surface area contributed by atoms with Crippen molar-refractivity contribution in [1.82, 2.24) is 0 Å². The van der Waals surface area contributed by atoms with Gasteiger partial charge in [-0.3, -0.25) is 9.59 Å². The summed E-state index contributed by atoms with van der Waals surface area (Å²) in [6.07, 6.45) is 0.665. The van der Waals surface area contributed by atoms with E-state index in [1.165, 1.54) is 21.2 Å². The standard InChI is InChI=1S/C48H39O2P2.Pt/c49-45(37-20-7-1-8-21-37)35-47(51(41-26-11-3-12-27-41)42-28-13-4-14-29-42)39-24-19-25-40(34-39)48(36-46(50)38-22-9-2-10-23-38)52(43-30-15-5-16-31-43)44-32-17-6-18-33-44;/h1-33,47-48H,35-36H2;/q-1;/t47-,48-;/m1./s1. The first kappa shape index (κ1) is 38.2. The van der Waals surface area contributed by atoms with Gasteiger partial charge in [0, 0.05) is 45.0 Å². The maximum absolute atomic E-state index is 14.1. The van der Waals surface area contributed by atoms with Crippen molar-refractivity contribution in [2.75, 3.05) is 0 Å². The summed E-state index contributed by atoms with van der Waals surface area (Å²) in [5.74, 6) is 0.214. The second kappa shape index (κ2) is 19.0. The van der Waals surface area contributed by atoms with Crippen LogP contribution in [-0.2, 0) is 21.1 Å². The average molecular weight is 905 g/mol. The molecule has 7 aromatic rings. The van der Waals surface area contributed by atoms with Crippen LogP contribution in [0.15, 0.2) is 200 Å². The van der Waals surface area contributed by atoms with Crippen molar-refractivity contribution in [3.05, 3.63) is 229 Å². The average Bonchev–Trinajstić information content (AvgIpc) is 3.22. The Bertz CT molecular complexity index is 1950. The van der Waals surface area contributed by atoms with Crippen molar-refractivity contribution in [2.24, 2.45) is 0 Å². The van der Waals surface area contributed by atoms with Crippen LogP contribution in [0.25, 0.3) is 0 Å². The molecule has 0 aromatic heterocycles. The van der Waals surface area contributed by atoms with Gasteiger partial charge in [-0.25, -0.2) is 0 Å². The minimum atomic E-state index is -1.01. The molecule has 0 radical (unpaired) electrons. The maximum Gasteiger partial charge on any atom is 0.163 e. The Morgan fingerprint density at radius 3 is 0.925 bits per heavy atom. The number of carbonyl (C=O) groups excluding carboxylic acids is 2. The molecule has 7 rings (SSSR count). The van der Waals surface area contributed by atoms with Gasteiger partial charge in [-0.15, -0.1) is 0 Å². The number of ketones is 2. The molecule has 2 atom stereocenters. The van der Waals surface area contributed by atoms with Crippen LogP contribution in [0.2, 0.25) is 0 Å². The number of rotatable bonds is 14. The van der Waals surface area contributed by atoms with Gasteiger partial charge in [0.2, 0.25) is 0 Å². The minimum absolute atomic E-state index is 0. The van der Waals surface area contributed by atoms with E-state index in [-0.39, 0.29) is 43.9 Å². The number of benzene rings is 7. The molecular weight excluding hydrogens is 866 g/mol. The molecule has 0 fully saturated rings.